The lowest BCUT2D eigenvalue weighted by Gasteiger charge is -2.14. The van der Waals surface area contributed by atoms with Crippen LogP contribution in [-0.4, -0.2) is 26.5 Å². The van der Waals surface area contributed by atoms with Crippen molar-refractivity contribution in [3.63, 3.8) is 0 Å². The van der Waals surface area contributed by atoms with Crippen molar-refractivity contribution in [1.82, 2.24) is 4.98 Å². The van der Waals surface area contributed by atoms with Gasteiger partial charge in [-0.3, -0.25) is 0 Å². The smallest absolute Gasteiger partial charge is 0.236 e. The Hall–Kier alpha value is -2.12. The maximum atomic E-state index is 13.3. The van der Waals surface area contributed by atoms with Crippen LogP contribution in [0.5, 0.6) is 0 Å². The first kappa shape index (κ1) is 18.3. The van der Waals surface area contributed by atoms with Crippen molar-refractivity contribution >= 4 is 31.7 Å². The molecule has 0 saturated carbocycles. The zero-order valence-corrected chi connectivity index (χ0v) is 17.3. The Balaban J connectivity index is 1.85. The number of halogens is 1. The number of oxazole rings is 1. The van der Waals surface area contributed by atoms with Crippen LogP contribution in [0.2, 0.25) is 0 Å². The summed E-state index contributed by atoms with van der Waals surface area (Å²) in [5.41, 5.74) is 1.74. The Bertz CT molecular complexity index is 1050. The summed E-state index contributed by atoms with van der Waals surface area (Å²) in [6.45, 7) is 3.46. The van der Waals surface area contributed by atoms with Gasteiger partial charge in [-0.25, -0.2) is 8.42 Å². The standard InChI is InChI=1S/C20H19BrN2O3S/c1-14-4-10-17(11-5-14)27(24,25)19-20(23-12-2-3-13-23)26-18(22-19)15-6-8-16(21)9-7-15/h4-11H,2-3,12-13H2,1H3. The monoisotopic (exact) mass is 446 g/mol. The molecule has 0 atom stereocenters. The summed E-state index contributed by atoms with van der Waals surface area (Å²) in [5, 5.41) is -0.00817. The molecule has 3 aromatic rings. The summed E-state index contributed by atoms with van der Waals surface area (Å²) in [6.07, 6.45) is 2.02. The maximum Gasteiger partial charge on any atom is 0.236 e. The Morgan fingerprint density at radius 2 is 1.63 bits per heavy atom. The average molecular weight is 447 g/mol. The Morgan fingerprint density at radius 1 is 1.00 bits per heavy atom. The van der Waals surface area contributed by atoms with Gasteiger partial charge in [-0.1, -0.05) is 33.6 Å². The maximum absolute atomic E-state index is 13.3. The molecule has 1 aromatic heterocycles. The number of nitrogens with zero attached hydrogens (tertiary/aromatic N) is 2. The zero-order valence-electron chi connectivity index (χ0n) is 14.9. The van der Waals surface area contributed by atoms with E-state index in [4.69, 9.17) is 4.42 Å². The third-order valence-electron chi connectivity index (χ3n) is 4.65. The van der Waals surface area contributed by atoms with Crippen LogP contribution in [0.3, 0.4) is 0 Å². The van der Waals surface area contributed by atoms with Crippen LogP contribution in [0.25, 0.3) is 11.5 Å². The summed E-state index contributed by atoms with van der Waals surface area (Å²) in [5.74, 6) is 0.654. The molecule has 0 spiro atoms. The molecule has 27 heavy (non-hydrogen) atoms. The van der Waals surface area contributed by atoms with Crippen LogP contribution in [0.15, 0.2) is 67.3 Å². The largest absolute Gasteiger partial charge is 0.419 e. The van der Waals surface area contributed by atoms with E-state index in [2.05, 4.69) is 20.9 Å². The molecule has 0 unspecified atom stereocenters. The molecule has 0 N–H and O–H groups in total. The number of hydrogen-bond donors (Lipinski definition) is 0. The number of benzene rings is 2. The second kappa shape index (κ2) is 7.13. The fourth-order valence-corrected chi connectivity index (χ4v) is 4.72. The first-order chi connectivity index (χ1) is 12.9. The van der Waals surface area contributed by atoms with Gasteiger partial charge in [0.2, 0.25) is 26.6 Å². The topological polar surface area (TPSA) is 63.4 Å². The summed E-state index contributed by atoms with van der Waals surface area (Å²) in [6, 6.07) is 14.3. The van der Waals surface area contributed by atoms with Gasteiger partial charge < -0.3 is 9.32 Å². The fraction of sp³-hybridized carbons (Fsp3) is 0.250. The number of hydrogen-bond acceptors (Lipinski definition) is 5. The molecular formula is C20H19BrN2O3S. The second-order valence-corrected chi connectivity index (χ2v) is 9.43. The molecule has 0 aliphatic carbocycles. The van der Waals surface area contributed by atoms with Crippen molar-refractivity contribution < 1.29 is 12.8 Å². The molecule has 5 nitrogen and oxygen atoms in total. The number of aromatic nitrogens is 1. The van der Waals surface area contributed by atoms with E-state index >= 15 is 0 Å². The molecule has 2 aromatic carbocycles. The minimum Gasteiger partial charge on any atom is -0.419 e. The highest BCUT2D eigenvalue weighted by Gasteiger charge is 2.32. The van der Waals surface area contributed by atoms with Crippen molar-refractivity contribution in [2.75, 3.05) is 18.0 Å². The third kappa shape index (κ3) is 3.53. The number of sulfone groups is 1. The minimum absolute atomic E-state index is 0.00817. The zero-order chi connectivity index (χ0) is 19.0. The molecule has 4 rings (SSSR count). The summed E-state index contributed by atoms with van der Waals surface area (Å²) < 4.78 is 33.4. The average Bonchev–Trinajstić information content (AvgIpc) is 3.32. The molecule has 0 amide bonds. The van der Waals surface area contributed by atoms with Crippen molar-refractivity contribution in [2.45, 2.75) is 29.7 Å². The van der Waals surface area contributed by atoms with Gasteiger partial charge in [-0.2, -0.15) is 4.98 Å². The SMILES string of the molecule is Cc1ccc(S(=O)(=O)c2nc(-c3ccc(Br)cc3)oc2N2CCCC2)cc1. The van der Waals surface area contributed by atoms with Gasteiger partial charge in [0.15, 0.2) is 0 Å². The van der Waals surface area contributed by atoms with Gasteiger partial charge >= 0.3 is 0 Å². The van der Waals surface area contributed by atoms with E-state index in [1.54, 1.807) is 24.3 Å². The lowest BCUT2D eigenvalue weighted by molar-refractivity contribution is 0.556. The van der Waals surface area contributed by atoms with Crippen LogP contribution in [0.1, 0.15) is 18.4 Å². The Labute approximate surface area is 167 Å². The Morgan fingerprint density at radius 3 is 2.26 bits per heavy atom. The number of anilines is 1. The van der Waals surface area contributed by atoms with Crippen molar-refractivity contribution in [3.8, 4) is 11.5 Å². The molecule has 140 valence electrons. The van der Waals surface area contributed by atoms with E-state index < -0.39 is 9.84 Å². The minimum atomic E-state index is -3.77. The fourth-order valence-electron chi connectivity index (χ4n) is 3.14. The highest BCUT2D eigenvalue weighted by Crippen LogP contribution is 2.36. The first-order valence-corrected chi connectivity index (χ1v) is 11.1. The highest BCUT2D eigenvalue weighted by molar-refractivity contribution is 9.10. The van der Waals surface area contributed by atoms with Crippen LogP contribution in [0, 0.1) is 6.92 Å². The van der Waals surface area contributed by atoms with E-state index in [-0.39, 0.29) is 9.92 Å². The van der Waals surface area contributed by atoms with Gasteiger partial charge in [0.25, 0.3) is 0 Å². The van der Waals surface area contributed by atoms with E-state index in [9.17, 15) is 8.42 Å². The molecule has 1 fully saturated rings. The highest BCUT2D eigenvalue weighted by atomic mass is 79.9. The van der Waals surface area contributed by atoms with Gasteiger partial charge in [0, 0.05) is 23.1 Å². The van der Waals surface area contributed by atoms with Gasteiger partial charge in [-0.05, 0) is 56.2 Å². The van der Waals surface area contributed by atoms with Crippen molar-refractivity contribution in [3.05, 3.63) is 58.6 Å². The van der Waals surface area contributed by atoms with Crippen LogP contribution >= 0.6 is 15.9 Å². The number of rotatable bonds is 4. The first-order valence-electron chi connectivity index (χ1n) is 8.78. The lowest BCUT2D eigenvalue weighted by atomic mass is 10.2. The normalized spacial score (nSPS) is 14.7. The van der Waals surface area contributed by atoms with E-state index in [1.807, 2.05) is 36.1 Å². The van der Waals surface area contributed by atoms with E-state index in [0.29, 0.717) is 11.8 Å². The molecule has 1 saturated heterocycles. The van der Waals surface area contributed by atoms with Crippen LogP contribution < -0.4 is 4.90 Å². The summed E-state index contributed by atoms with van der Waals surface area (Å²) in [7, 11) is -3.77. The molecule has 7 heteroatoms. The van der Waals surface area contributed by atoms with Crippen LogP contribution in [-0.2, 0) is 9.84 Å². The predicted molar refractivity (Wildman–Crippen MR) is 108 cm³/mol. The quantitative estimate of drug-likeness (QED) is 0.573. The molecule has 0 radical (unpaired) electrons. The van der Waals surface area contributed by atoms with Crippen molar-refractivity contribution in [1.29, 1.82) is 0 Å². The third-order valence-corrected chi connectivity index (χ3v) is 6.85. The van der Waals surface area contributed by atoms with Crippen molar-refractivity contribution in [2.24, 2.45) is 0 Å². The summed E-state index contributed by atoms with van der Waals surface area (Å²) >= 11 is 3.40. The van der Waals surface area contributed by atoms with E-state index in [1.165, 1.54) is 0 Å². The van der Waals surface area contributed by atoms with Gasteiger partial charge in [0.1, 0.15) is 0 Å². The number of aryl methyl sites for hydroxylation is 1. The predicted octanol–water partition coefficient (Wildman–Crippen LogP) is 4.85. The van der Waals surface area contributed by atoms with Crippen LogP contribution in [0.4, 0.5) is 5.88 Å². The molecule has 2 heterocycles. The molecule has 0 bridgehead atoms. The van der Waals surface area contributed by atoms with E-state index in [0.717, 1.165) is 41.5 Å². The second-order valence-electron chi connectivity index (χ2n) is 6.65. The lowest BCUT2D eigenvalue weighted by Crippen LogP contribution is -2.19. The Kier molecular flexibility index (Phi) is 4.82. The van der Waals surface area contributed by atoms with Gasteiger partial charge in [-0.15, -0.1) is 0 Å². The van der Waals surface area contributed by atoms with Gasteiger partial charge in [0.05, 0.1) is 4.90 Å². The molecule has 1 aliphatic rings. The molecule has 1 aliphatic heterocycles. The molecular weight excluding hydrogens is 428 g/mol. The summed E-state index contributed by atoms with van der Waals surface area (Å²) in [4.78, 5) is 6.61.